The summed E-state index contributed by atoms with van der Waals surface area (Å²) in [7, 11) is 1.39. The molecule has 1 aliphatic carbocycles. The van der Waals surface area contributed by atoms with Crippen molar-refractivity contribution in [1.82, 2.24) is 10.2 Å². The number of unbranched alkanes of at least 4 members (excludes halogenated alkanes) is 1. The summed E-state index contributed by atoms with van der Waals surface area (Å²) in [6.07, 6.45) is 7.44. The lowest BCUT2D eigenvalue weighted by atomic mass is 9.69. The molecule has 0 aromatic heterocycles. The highest BCUT2D eigenvalue weighted by molar-refractivity contribution is 5.92. The highest BCUT2D eigenvalue weighted by Crippen LogP contribution is 2.50. The van der Waals surface area contributed by atoms with Crippen LogP contribution >= 0.6 is 0 Å². The number of methoxy groups -OCH3 is 1. The number of hydrogen-bond acceptors (Lipinski definition) is 6. The number of allylic oxidation sites excluding steroid dienone is 1. The van der Waals surface area contributed by atoms with Crippen molar-refractivity contribution in [3.05, 3.63) is 35.5 Å². The smallest absolute Gasteiger partial charge is 0.317 e. The summed E-state index contributed by atoms with van der Waals surface area (Å²) in [4.78, 5) is 41.3. The number of piperidine rings is 1. The van der Waals surface area contributed by atoms with Crippen molar-refractivity contribution in [1.29, 1.82) is 0 Å². The molecular weight excluding hydrogens is 436 g/mol. The summed E-state index contributed by atoms with van der Waals surface area (Å²) < 4.78 is 16.2. The van der Waals surface area contributed by atoms with Crippen molar-refractivity contribution in [3.8, 4) is 11.5 Å². The molecule has 184 valence electrons. The number of fused-ring (bicyclic) bond motifs is 2. The van der Waals surface area contributed by atoms with Gasteiger partial charge in [0.25, 0.3) is 0 Å². The number of benzene rings is 1. The van der Waals surface area contributed by atoms with Crippen LogP contribution in [0.5, 0.6) is 11.5 Å². The molecule has 0 saturated carbocycles. The van der Waals surface area contributed by atoms with E-state index in [-0.39, 0.29) is 37.5 Å². The molecule has 2 heterocycles. The molecule has 0 spiro atoms. The lowest BCUT2D eigenvalue weighted by Crippen LogP contribution is -2.53. The topological polar surface area (TPSA) is 94.2 Å². The van der Waals surface area contributed by atoms with Crippen LogP contribution in [0.1, 0.15) is 63.9 Å². The van der Waals surface area contributed by atoms with Gasteiger partial charge in [0.05, 0.1) is 13.7 Å². The Kier molecular flexibility index (Phi) is 7.44. The van der Waals surface area contributed by atoms with E-state index in [0.717, 1.165) is 37.7 Å². The van der Waals surface area contributed by atoms with Gasteiger partial charge in [-0.1, -0.05) is 31.9 Å². The first-order valence-electron chi connectivity index (χ1n) is 12.2. The molecule has 2 amide bonds. The van der Waals surface area contributed by atoms with E-state index in [4.69, 9.17) is 14.2 Å². The standard InChI is InChI=1S/C26H34N2O6/c1-3-4-12-27-23(29)14-19-15-26(25(31)32-2)11-7-5-6-8-22(26)28(24(19)30)16-18-9-10-20-21(13-18)34-17-33-20/h8-10,13,19H,3-7,11-12,14-17H2,1-2H3,(H,27,29)/t19-,26+/m1/s1. The summed E-state index contributed by atoms with van der Waals surface area (Å²) in [6.45, 7) is 3.11. The van der Waals surface area contributed by atoms with Crippen LogP contribution in [-0.2, 0) is 25.7 Å². The quantitative estimate of drug-likeness (QED) is 0.460. The van der Waals surface area contributed by atoms with E-state index in [9.17, 15) is 14.4 Å². The third kappa shape index (κ3) is 4.76. The van der Waals surface area contributed by atoms with Gasteiger partial charge >= 0.3 is 5.97 Å². The zero-order valence-electron chi connectivity index (χ0n) is 20.1. The summed E-state index contributed by atoms with van der Waals surface area (Å²) in [6, 6.07) is 5.60. The zero-order chi connectivity index (χ0) is 24.1. The van der Waals surface area contributed by atoms with E-state index in [2.05, 4.69) is 12.2 Å². The van der Waals surface area contributed by atoms with E-state index < -0.39 is 11.3 Å². The van der Waals surface area contributed by atoms with Gasteiger partial charge < -0.3 is 24.4 Å². The molecule has 3 aliphatic rings. The Balaban J connectivity index is 1.66. The molecule has 0 unspecified atom stereocenters. The van der Waals surface area contributed by atoms with Crippen LogP contribution in [0, 0.1) is 11.3 Å². The Morgan fingerprint density at radius 3 is 2.85 bits per heavy atom. The zero-order valence-corrected chi connectivity index (χ0v) is 20.1. The molecule has 2 atom stereocenters. The molecule has 1 aromatic rings. The van der Waals surface area contributed by atoms with Gasteiger partial charge in [-0.15, -0.1) is 0 Å². The minimum Gasteiger partial charge on any atom is -0.468 e. The number of rotatable bonds is 8. The highest BCUT2D eigenvalue weighted by Gasteiger charge is 2.53. The van der Waals surface area contributed by atoms with Crippen LogP contribution in [0.3, 0.4) is 0 Å². The second kappa shape index (κ2) is 10.5. The number of esters is 1. The van der Waals surface area contributed by atoms with E-state index in [1.54, 1.807) is 4.90 Å². The third-order valence-corrected chi connectivity index (χ3v) is 7.02. The maximum absolute atomic E-state index is 13.7. The van der Waals surface area contributed by atoms with E-state index >= 15 is 0 Å². The van der Waals surface area contributed by atoms with Crippen LogP contribution in [0.15, 0.2) is 30.0 Å². The van der Waals surface area contributed by atoms with E-state index in [1.165, 1.54) is 7.11 Å². The Bertz CT molecular complexity index is 974. The number of likely N-dealkylation sites (tertiary alicyclic amines) is 1. The highest BCUT2D eigenvalue weighted by atomic mass is 16.7. The fourth-order valence-electron chi connectivity index (χ4n) is 5.29. The lowest BCUT2D eigenvalue weighted by Gasteiger charge is -2.46. The first-order chi connectivity index (χ1) is 16.5. The maximum atomic E-state index is 13.7. The average Bonchev–Trinajstić information content (AvgIpc) is 3.19. The number of carbonyl (C=O) groups is 3. The molecule has 1 aromatic carbocycles. The predicted octanol–water partition coefficient (Wildman–Crippen LogP) is 3.69. The van der Waals surface area contributed by atoms with Crippen molar-refractivity contribution >= 4 is 17.8 Å². The number of nitrogens with one attached hydrogen (secondary N) is 1. The minimum absolute atomic E-state index is 0.0617. The van der Waals surface area contributed by atoms with Crippen molar-refractivity contribution < 1.29 is 28.6 Å². The molecule has 34 heavy (non-hydrogen) atoms. The van der Waals surface area contributed by atoms with Gasteiger partial charge in [0, 0.05) is 24.6 Å². The van der Waals surface area contributed by atoms with Crippen molar-refractivity contribution in [2.75, 3.05) is 20.4 Å². The van der Waals surface area contributed by atoms with E-state index in [0.29, 0.717) is 36.6 Å². The molecule has 2 aliphatic heterocycles. The molecule has 0 radical (unpaired) electrons. The van der Waals surface area contributed by atoms with Gasteiger partial charge in [-0.3, -0.25) is 14.4 Å². The summed E-state index contributed by atoms with van der Waals surface area (Å²) in [5.41, 5.74) is 0.654. The summed E-state index contributed by atoms with van der Waals surface area (Å²) in [5, 5.41) is 2.91. The van der Waals surface area contributed by atoms with Gasteiger partial charge in [0.2, 0.25) is 18.6 Å². The molecule has 8 nitrogen and oxygen atoms in total. The van der Waals surface area contributed by atoms with Crippen molar-refractivity contribution in [3.63, 3.8) is 0 Å². The van der Waals surface area contributed by atoms with Crippen LogP contribution in [-0.4, -0.2) is 43.1 Å². The normalized spacial score (nSPS) is 23.6. The second-order valence-electron chi connectivity index (χ2n) is 9.33. The first kappa shape index (κ1) is 24.1. The van der Waals surface area contributed by atoms with E-state index in [1.807, 2.05) is 24.3 Å². The second-order valence-corrected chi connectivity index (χ2v) is 9.33. The first-order valence-corrected chi connectivity index (χ1v) is 12.2. The largest absolute Gasteiger partial charge is 0.468 e. The number of amides is 2. The maximum Gasteiger partial charge on any atom is 0.317 e. The van der Waals surface area contributed by atoms with Gasteiger partial charge in [-0.2, -0.15) is 0 Å². The van der Waals surface area contributed by atoms with Crippen molar-refractivity contribution in [2.45, 2.75) is 64.8 Å². The van der Waals surface area contributed by atoms with Gasteiger partial charge in [0.1, 0.15) is 5.41 Å². The summed E-state index contributed by atoms with van der Waals surface area (Å²) >= 11 is 0. The van der Waals surface area contributed by atoms with Crippen LogP contribution in [0.4, 0.5) is 0 Å². The number of nitrogens with zero attached hydrogens (tertiary/aromatic N) is 1. The number of carbonyl (C=O) groups excluding carboxylic acids is 3. The van der Waals surface area contributed by atoms with Gasteiger partial charge in [0.15, 0.2) is 11.5 Å². The average molecular weight is 471 g/mol. The predicted molar refractivity (Wildman–Crippen MR) is 125 cm³/mol. The minimum atomic E-state index is -0.927. The monoisotopic (exact) mass is 470 g/mol. The lowest BCUT2D eigenvalue weighted by molar-refractivity contribution is -0.160. The summed E-state index contributed by atoms with van der Waals surface area (Å²) in [5.74, 6) is 0.105. The Labute approximate surface area is 200 Å². The van der Waals surface area contributed by atoms with Crippen LogP contribution < -0.4 is 14.8 Å². The molecule has 8 heteroatoms. The molecule has 1 N–H and O–H groups in total. The van der Waals surface area contributed by atoms with Gasteiger partial charge in [-0.05, 0) is 49.8 Å². The Morgan fingerprint density at radius 1 is 1.24 bits per heavy atom. The molecule has 0 bridgehead atoms. The molecule has 1 saturated heterocycles. The SMILES string of the molecule is CCCCNC(=O)C[C@@H]1C[C@@]2(C(=O)OC)CCCCC=C2N(Cc2ccc3c(c2)OCO3)C1=O. The fourth-order valence-corrected chi connectivity index (χ4v) is 5.29. The Hall–Kier alpha value is -3.03. The number of hydrogen-bond donors (Lipinski definition) is 1. The van der Waals surface area contributed by atoms with Crippen molar-refractivity contribution in [2.24, 2.45) is 11.3 Å². The molecular formula is C26H34N2O6. The third-order valence-electron chi connectivity index (χ3n) is 7.02. The van der Waals surface area contributed by atoms with Crippen LogP contribution in [0.25, 0.3) is 0 Å². The number of ether oxygens (including phenoxy) is 3. The van der Waals surface area contributed by atoms with Crippen LogP contribution in [0.2, 0.25) is 0 Å². The molecule has 1 fully saturated rings. The fraction of sp³-hybridized carbons (Fsp3) is 0.577. The molecule has 4 rings (SSSR count). The van der Waals surface area contributed by atoms with Gasteiger partial charge in [-0.25, -0.2) is 0 Å². The Morgan fingerprint density at radius 2 is 2.06 bits per heavy atom.